The van der Waals surface area contributed by atoms with Crippen molar-refractivity contribution in [2.24, 2.45) is 5.73 Å². The van der Waals surface area contributed by atoms with Crippen molar-refractivity contribution in [3.05, 3.63) is 49.6 Å². The van der Waals surface area contributed by atoms with Crippen molar-refractivity contribution >= 4 is 38.9 Å². The summed E-state index contributed by atoms with van der Waals surface area (Å²) in [6, 6.07) is 9.58. The van der Waals surface area contributed by atoms with Crippen LogP contribution in [0.15, 0.2) is 34.1 Å². The second-order valence-electron chi connectivity index (χ2n) is 3.75. The summed E-state index contributed by atoms with van der Waals surface area (Å²) in [5, 5.41) is 0.705. The minimum atomic E-state index is -0.158. The highest BCUT2D eigenvalue weighted by atomic mass is 79.9. The van der Waals surface area contributed by atoms with E-state index in [1.54, 1.807) is 11.3 Å². The van der Waals surface area contributed by atoms with Crippen molar-refractivity contribution < 1.29 is 4.74 Å². The predicted octanol–water partition coefficient (Wildman–Crippen LogP) is 4.61. The van der Waals surface area contributed by atoms with E-state index in [1.165, 1.54) is 0 Å². The van der Waals surface area contributed by atoms with Crippen LogP contribution in [0.1, 0.15) is 23.4 Å². The first-order valence-electron chi connectivity index (χ1n) is 5.55. The largest absolute Gasteiger partial charge is 0.494 e. The van der Waals surface area contributed by atoms with Crippen LogP contribution < -0.4 is 10.5 Å². The van der Waals surface area contributed by atoms with Crippen LogP contribution in [-0.4, -0.2) is 6.61 Å². The lowest BCUT2D eigenvalue weighted by atomic mass is 10.1. The van der Waals surface area contributed by atoms with Gasteiger partial charge in [0.15, 0.2) is 0 Å². The molecule has 0 saturated heterocycles. The van der Waals surface area contributed by atoms with Gasteiger partial charge in [0.25, 0.3) is 0 Å². The summed E-state index contributed by atoms with van der Waals surface area (Å²) in [4.78, 5) is 1.04. The summed E-state index contributed by atoms with van der Waals surface area (Å²) < 4.78 is 6.32. The van der Waals surface area contributed by atoms with Gasteiger partial charge in [0.1, 0.15) is 5.75 Å². The monoisotopic (exact) mass is 345 g/mol. The lowest BCUT2D eigenvalue weighted by molar-refractivity contribution is 0.340. The number of hydrogen-bond acceptors (Lipinski definition) is 3. The van der Waals surface area contributed by atoms with Gasteiger partial charge in [0.2, 0.25) is 0 Å². The fourth-order valence-electron chi connectivity index (χ4n) is 1.62. The molecule has 0 fully saturated rings. The third-order valence-corrected chi connectivity index (χ3v) is 5.08. The van der Waals surface area contributed by atoms with E-state index in [1.807, 2.05) is 37.3 Å². The van der Waals surface area contributed by atoms with E-state index in [9.17, 15) is 0 Å². The Bertz CT molecular complexity index is 507. The van der Waals surface area contributed by atoms with E-state index in [-0.39, 0.29) is 6.04 Å². The lowest BCUT2D eigenvalue weighted by Crippen LogP contribution is -2.09. The molecule has 18 heavy (non-hydrogen) atoms. The normalized spacial score (nSPS) is 12.4. The Hall–Kier alpha value is -0.550. The van der Waals surface area contributed by atoms with Gasteiger partial charge in [-0.1, -0.05) is 23.7 Å². The number of nitrogens with two attached hydrogens (primary N) is 1. The molecule has 1 atom stereocenters. The molecule has 0 aliphatic heterocycles. The van der Waals surface area contributed by atoms with E-state index < -0.39 is 0 Å². The number of ether oxygens (including phenoxy) is 1. The molecule has 0 radical (unpaired) electrons. The van der Waals surface area contributed by atoms with E-state index >= 15 is 0 Å². The van der Waals surface area contributed by atoms with Gasteiger partial charge in [0, 0.05) is 4.88 Å². The number of hydrogen-bond donors (Lipinski definition) is 1. The summed E-state index contributed by atoms with van der Waals surface area (Å²) in [6.45, 7) is 2.63. The molecular formula is C13H13BrClNOS. The number of rotatable bonds is 4. The second kappa shape index (κ2) is 6.06. The standard InChI is InChI=1S/C13H13BrClNOS/c1-2-17-9-5-3-8(4-6-9)12(16)11-7-10(15)13(14)18-11/h3-7,12H,2,16H2,1H3. The molecule has 2 nitrogen and oxygen atoms in total. The smallest absolute Gasteiger partial charge is 0.119 e. The molecule has 1 aromatic carbocycles. The van der Waals surface area contributed by atoms with Crippen molar-refractivity contribution in [3.63, 3.8) is 0 Å². The summed E-state index contributed by atoms with van der Waals surface area (Å²) >= 11 is 11.0. The van der Waals surface area contributed by atoms with Crippen LogP contribution in [0.25, 0.3) is 0 Å². The second-order valence-corrected chi connectivity index (χ2v) is 6.56. The Balaban J connectivity index is 2.20. The van der Waals surface area contributed by atoms with Crippen molar-refractivity contribution in [1.82, 2.24) is 0 Å². The Morgan fingerprint density at radius 1 is 1.39 bits per heavy atom. The van der Waals surface area contributed by atoms with E-state index in [4.69, 9.17) is 22.1 Å². The molecule has 0 bridgehead atoms. The van der Waals surface area contributed by atoms with Crippen LogP contribution in [0.2, 0.25) is 5.02 Å². The predicted molar refractivity (Wildman–Crippen MR) is 80.7 cm³/mol. The number of benzene rings is 1. The fraction of sp³-hybridized carbons (Fsp3) is 0.231. The summed E-state index contributed by atoms with van der Waals surface area (Å²) in [7, 11) is 0. The van der Waals surface area contributed by atoms with Gasteiger partial charge in [-0.05, 0) is 46.6 Å². The van der Waals surface area contributed by atoms with Gasteiger partial charge in [0.05, 0.1) is 21.5 Å². The summed E-state index contributed by atoms with van der Waals surface area (Å²) in [5.74, 6) is 0.860. The Morgan fingerprint density at radius 2 is 2.06 bits per heavy atom. The summed E-state index contributed by atoms with van der Waals surface area (Å²) in [6.07, 6.45) is 0. The lowest BCUT2D eigenvalue weighted by Gasteiger charge is -2.11. The molecule has 0 aliphatic rings. The van der Waals surface area contributed by atoms with Crippen molar-refractivity contribution in [2.45, 2.75) is 13.0 Å². The molecule has 0 amide bonds. The minimum absolute atomic E-state index is 0.158. The zero-order chi connectivity index (χ0) is 13.1. The topological polar surface area (TPSA) is 35.2 Å². The first kappa shape index (κ1) is 13.9. The maximum Gasteiger partial charge on any atom is 0.119 e. The van der Waals surface area contributed by atoms with Crippen LogP contribution >= 0.6 is 38.9 Å². The SMILES string of the molecule is CCOc1ccc(C(N)c2cc(Cl)c(Br)s2)cc1. The minimum Gasteiger partial charge on any atom is -0.494 e. The van der Waals surface area contributed by atoms with Gasteiger partial charge in [-0.3, -0.25) is 0 Å². The quantitative estimate of drug-likeness (QED) is 0.877. The first-order valence-corrected chi connectivity index (χ1v) is 7.53. The Labute approximate surface area is 124 Å². The first-order chi connectivity index (χ1) is 8.61. The third kappa shape index (κ3) is 3.06. The molecule has 0 aliphatic carbocycles. The Morgan fingerprint density at radius 3 is 2.56 bits per heavy atom. The Kier molecular flexibility index (Phi) is 4.67. The van der Waals surface area contributed by atoms with Gasteiger partial charge >= 0.3 is 0 Å². The van der Waals surface area contributed by atoms with Gasteiger partial charge in [-0.25, -0.2) is 0 Å². The highest BCUT2D eigenvalue weighted by Crippen LogP contribution is 2.36. The van der Waals surface area contributed by atoms with Crippen molar-refractivity contribution in [3.8, 4) is 5.75 Å². The summed E-state index contributed by atoms with van der Waals surface area (Å²) in [5.41, 5.74) is 7.26. The zero-order valence-corrected chi connectivity index (χ0v) is 13.0. The molecule has 2 N–H and O–H groups in total. The third-order valence-electron chi connectivity index (χ3n) is 2.52. The van der Waals surface area contributed by atoms with E-state index in [2.05, 4.69) is 15.9 Å². The number of thiophene rings is 1. The highest BCUT2D eigenvalue weighted by molar-refractivity contribution is 9.11. The molecule has 2 aromatic rings. The maximum atomic E-state index is 6.21. The highest BCUT2D eigenvalue weighted by Gasteiger charge is 2.14. The molecule has 0 spiro atoms. The van der Waals surface area contributed by atoms with Crippen molar-refractivity contribution in [2.75, 3.05) is 6.61 Å². The van der Waals surface area contributed by atoms with Crippen LogP contribution in [0, 0.1) is 0 Å². The molecule has 1 aromatic heterocycles. The fourth-order valence-corrected chi connectivity index (χ4v) is 3.40. The van der Waals surface area contributed by atoms with Crippen LogP contribution in [0.5, 0.6) is 5.75 Å². The van der Waals surface area contributed by atoms with Gasteiger partial charge < -0.3 is 10.5 Å². The van der Waals surface area contributed by atoms with Gasteiger partial charge in [-0.2, -0.15) is 0 Å². The molecule has 96 valence electrons. The van der Waals surface area contributed by atoms with E-state index in [0.717, 1.165) is 20.0 Å². The van der Waals surface area contributed by atoms with Crippen LogP contribution in [-0.2, 0) is 0 Å². The van der Waals surface area contributed by atoms with Crippen LogP contribution in [0.4, 0.5) is 0 Å². The van der Waals surface area contributed by atoms with Crippen molar-refractivity contribution in [1.29, 1.82) is 0 Å². The molecule has 1 unspecified atom stereocenters. The average Bonchev–Trinajstić information content (AvgIpc) is 2.70. The molecule has 2 rings (SSSR count). The van der Waals surface area contributed by atoms with Crippen LogP contribution in [0.3, 0.4) is 0 Å². The molecule has 5 heteroatoms. The molecule has 0 saturated carbocycles. The average molecular weight is 347 g/mol. The molecular weight excluding hydrogens is 334 g/mol. The van der Waals surface area contributed by atoms with E-state index in [0.29, 0.717) is 11.6 Å². The zero-order valence-electron chi connectivity index (χ0n) is 9.82. The van der Waals surface area contributed by atoms with Gasteiger partial charge in [-0.15, -0.1) is 11.3 Å². The number of halogens is 2. The maximum absolute atomic E-state index is 6.21. The molecule has 1 heterocycles.